The second-order valence-corrected chi connectivity index (χ2v) is 2.59. The van der Waals surface area contributed by atoms with Crippen molar-refractivity contribution in [2.75, 3.05) is 33.4 Å². The smallest absolute Gasteiger partial charge is 0.0462 e. The van der Waals surface area contributed by atoms with Crippen molar-refractivity contribution in [2.45, 2.75) is 19.3 Å². The van der Waals surface area contributed by atoms with E-state index >= 15 is 0 Å². The van der Waals surface area contributed by atoms with Crippen molar-refractivity contribution < 1.29 is 4.74 Å². The Bertz CT molecular complexity index is 61.1. The maximum atomic E-state index is 5.33. The van der Waals surface area contributed by atoms with Crippen LogP contribution in [0.5, 0.6) is 0 Å². The molecule has 0 unspecified atom stereocenters. The molecule has 0 saturated carbocycles. The normalized spacial score (nSPS) is 10.4. The number of ether oxygens (including phenoxy) is 1. The summed E-state index contributed by atoms with van der Waals surface area (Å²) in [7, 11) is 1.74. The second kappa shape index (κ2) is 9.88. The summed E-state index contributed by atoms with van der Waals surface area (Å²) in [5.74, 6) is 0. The molecule has 0 aliphatic heterocycles. The third-order valence-electron chi connectivity index (χ3n) is 1.51. The number of hydrogen-bond acceptors (Lipinski definition) is 3. The van der Waals surface area contributed by atoms with Crippen LogP contribution in [0.15, 0.2) is 0 Å². The summed E-state index contributed by atoms with van der Waals surface area (Å²) in [5, 5.41) is 3.31. The monoisotopic (exact) mass is 160 g/mol. The van der Waals surface area contributed by atoms with E-state index < -0.39 is 0 Å². The molecule has 0 aliphatic carbocycles. The molecular formula is C8H20N2O. The maximum absolute atomic E-state index is 5.33. The van der Waals surface area contributed by atoms with Gasteiger partial charge in [-0.3, -0.25) is 0 Å². The van der Waals surface area contributed by atoms with Gasteiger partial charge in [0, 0.05) is 13.7 Å². The third kappa shape index (κ3) is 9.88. The molecule has 68 valence electrons. The Kier molecular flexibility index (Phi) is 9.77. The molecule has 0 radical (unpaired) electrons. The molecule has 0 bridgehead atoms. The molecule has 0 aromatic rings. The minimum atomic E-state index is 0.783. The van der Waals surface area contributed by atoms with Crippen LogP contribution in [0.2, 0.25) is 0 Å². The number of methoxy groups -OCH3 is 1. The van der Waals surface area contributed by atoms with Gasteiger partial charge in [-0.2, -0.15) is 0 Å². The predicted molar refractivity (Wildman–Crippen MR) is 47.7 cm³/mol. The van der Waals surface area contributed by atoms with Gasteiger partial charge in [0.25, 0.3) is 0 Å². The van der Waals surface area contributed by atoms with Crippen molar-refractivity contribution in [3.05, 3.63) is 0 Å². The molecule has 0 aliphatic rings. The van der Waals surface area contributed by atoms with Gasteiger partial charge in [-0.1, -0.05) is 0 Å². The van der Waals surface area contributed by atoms with E-state index in [1.54, 1.807) is 7.11 Å². The van der Waals surface area contributed by atoms with Crippen molar-refractivity contribution in [1.82, 2.24) is 5.32 Å². The first-order valence-corrected chi connectivity index (χ1v) is 4.31. The molecule has 0 saturated heterocycles. The van der Waals surface area contributed by atoms with Crippen LogP contribution in [0.1, 0.15) is 19.3 Å². The van der Waals surface area contributed by atoms with Gasteiger partial charge in [0.05, 0.1) is 0 Å². The van der Waals surface area contributed by atoms with Crippen molar-refractivity contribution in [1.29, 1.82) is 0 Å². The number of rotatable bonds is 8. The molecule has 0 heterocycles. The molecule has 0 aromatic heterocycles. The van der Waals surface area contributed by atoms with Gasteiger partial charge in [0.15, 0.2) is 0 Å². The topological polar surface area (TPSA) is 47.3 Å². The quantitative estimate of drug-likeness (QED) is 0.504. The standard InChI is InChI=1S/C8H20N2O/c1-11-8-3-2-6-10-7-4-5-9/h10H,2-9H2,1H3. The lowest BCUT2D eigenvalue weighted by molar-refractivity contribution is 0.192. The van der Waals surface area contributed by atoms with E-state index in [0.717, 1.165) is 39.1 Å². The second-order valence-electron chi connectivity index (χ2n) is 2.59. The summed E-state index contributed by atoms with van der Waals surface area (Å²) in [5.41, 5.74) is 5.33. The Balaban J connectivity index is 2.69. The Labute approximate surface area is 69.3 Å². The van der Waals surface area contributed by atoms with Crippen LogP contribution in [0.25, 0.3) is 0 Å². The highest BCUT2D eigenvalue weighted by molar-refractivity contribution is 4.48. The van der Waals surface area contributed by atoms with Crippen LogP contribution in [0.4, 0.5) is 0 Å². The molecule has 0 spiro atoms. The van der Waals surface area contributed by atoms with Gasteiger partial charge in [0.2, 0.25) is 0 Å². The average Bonchev–Trinajstić information content (AvgIpc) is 2.03. The average molecular weight is 160 g/mol. The lowest BCUT2D eigenvalue weighted by atomic mass is 10.3. The molecule has 0 aromatic carbocycles. The van der Waals surface area contributed by atoms with Crippen LogP contribution in [0, 0.1) is 0 Å². The van der Waals surface area contributed by atoms with Crippen molar-refractivity contribution in [3.8, 4) is 0 Å². The lowest BCUT2D eigenvalue weighted by Crippen LogP contribution is -2.19. The largest absolute Gasteiger partial charge is 0.385 e. The molecule has 3 N–H and O–H groups in total. The molecule has 11 heavy (non-hydrogen) atoms. The van der Waals surface area contributed by atoms with E-state index in [1.165, 1.54) is 6.42 Å². The predicted octanol–water partition coefficient (Wildman–Crippen LogP) is 0.351. The molecule has 0 amide bonds. The summed E-state index contributed by atoms with van der Waals surface area (Å²) < 4.78 is 4.92. The van der Waals surface area contributed by atoms with E-state index in [4.69, 9.17) is 10.5 Å². The highest BCUT2D eigenvalue weighted by atomic mass is 16.5. The first-order valence-electron chi connectivity index (χ1n) is 4.31. The van der Waals surface area contributed by atoms with E-state index in [2.05, 4.69) is 5.32 Å². The Morgan fingerprint density at radius 3 is 2.55 bits per heavy atom. The number of nitrogens with two attached hydrogens (primary N) is 1. The van der Waals surface area contributed by atoms with Gasteiger partial charge >= 0.3 is 0 Å². The lowest BCUT2D eigenvalue weighted by Gasteiger charge is -2.02. The van der Waals surface area contributed by atoms with Crippen LogP contribution in [-0.4, -0.2) is 33.4 Å². The zero-order chi connectivity index (χ0) is 8.36. The third-order valence-corrected chi connectivity index (χ3v) is 1.51. The van der Waals surface area contributed by atoms with E-state index in [1.807, 2.05) is 0 Å². The van der Waals surface area contributed by atoms with E-state index in [9.17, 15) is 0 Å². The number of nitrogens with one attached hydrogen (secondary N) is 1. The van der Waals surface area contributed by atoms with E-state index in [0.29, 0.717) is 0 Å². The van der Waals surface area contributed by atoms with Gasteiger partial charge in [-0.25, -0.2) is 0 Å². The van der Waals surface area contributed by atoms with Crippen molar-refractivity contribution in [2.24, 2.45) is 5.73 Å². The van der Waals surface area contributed by atoms with Crippen LogP contribution in [0.3, 0.4) is 0 Å². The number of hydrogen-bond donors (Lipinski definition) is 2. The van der Waals surface area contributed by atoms with Gasteiger partial charge < -0.3 is 15.8 Å². The Hall–Kier alpha value is -0.120. The number of unbranched alkanes of at least 4 members (excludes halogenated alkanes) is 1. The fraction of sp³-hybridized carbons (Fsp3) is 1.00. The summed E-state index contributed by atoms with van der Waals surface area (Å²) in [6.45, 7) is 3.79. The highest BCUT2D eigenvalue weighted by Gasteiger charge is 1.87. The maximum Gasteiger partial charge on any atom is 0.0462 e. The summed E-state index contributed by atoms with van der Waals surface area (Å²) in [4.78, 5) is 0. The molecule has 3 nitrogen and oxygen atoms in total. The van der Waals surface area contributed by atoms with E-state index in [-0.39, 0.29) is 0 Å². The van der Waals surface area contributed by atoms with Crippen LogP contribution < -0.4 is 11.1 Å². The first kappa shape index (κ1) is 10.9. The molecule has 0 atom stereocenters. The fourth-order valence-corrected chi connectivity index (χ4v) is 0.848. The van der Waals surface area contributed by atoms with Gasteiger partial charge in [0.1, 0.15) is 0 Å². The zero-order valence-electron chi connectivity index (χ0n) is 7.44. The Morgan fingerprint density at radius 2 is 1.91 bits per heavy atom. The summed E-state index contributed by atoms with van der Waals surface area (Å²) in [6, 6.07) is 0. The minimum Gasteiger partial charge on any atom is -0.385 e. The van der Waals surface area contributed by atoms with Crippen LogP contribution in [-0.2, 0) is 4.74 Å². The molecule has 0 fully saturated rings. The van der Waals surface area contributed by atoms with Gasteiger partial charge in [-0.15, -0.1) is 0 Å². The summed E-state index contributed by atoms with van der Waals surface area (Å²) >= 11 is 0. The van der Waals surface area contributed by atoms with Crippen molar-refractivity contribution in [3.63, 3.8) is 0 Å². The molecular weight excluding hydrogens is 140 g/mol. The molecule has 3 heteroatoms. The first-order chi connectivity index (χ1) is 5.41. The highest BCUT2D eigenvalue weighted by Crippen LogP contribution is 1.86. The zero-order valence-corrected chi connectivity index (χ0v) is 7.44. The van der Waals surface area contributed by atoms with Crippen molar-refractivity contribution >= 4 is 0 Å². The Morgan fingerprint density at radius 1 is 1.18 bits per heavy atom. The fourth-order valence-electron chi connectivity index (χ4n) is 0.848. The minimum absolute atomic E-state index is 0.783. The SMILES string of the molecule is COCCCCNCCCN. The summed E-state index contributed by atoms with van der Waals surface area (Å²) in [6.07, 6.45) is 3.41. The molecule has 0 rings (SSSR count). The van der Waals surface area contributed by atoms with Crippen LogP contribution >= 0.6 is 0 Å². The van der Waals surface area contributed by atoms with Gasteiger partial charge in [-0.05, 0) is 38.9 Å².